The molecule has 0 unspecified atom stereocenters. The number of hydrogen-bond donors (Lipinski definition) is 3. The van der Waals surface area contributed by atoms with Gasteiger partial charge < -0.3 is 20.9 Å². The van der Waals surface area contributed by atoms with Crippen LogP contribution in [0.25, 0.3) is 16.2 Å². The minimum atomic E-state index is -0.548. The molecule has 3 aromatic heterocycles. The number of benzene rings is 1. The van der Waals surface area contributed by atoms with E-state index in [0.717, 1.165) is 27.3 Å². The van der Waals surface area contributed by atoms with Gasteiger partial charge in [0.15, 0.2) is 0 Å². The molecule has 1 amide bonds. The largest absolute Gasteiger partial charge is 0.484 e. The fourth-order valence-electron chi connectivity index (χ4n) is 3.50. The zero-order chi connectivity index (χ0) is 23.5. The minimum absolute atomic E-state index is 0.00127. The Kier molecular flexibility index (Phi) is 6.99. The van der Waals surface area contributed by atoms with Crippen molar-refractivity contribution < 1.29 is 14.6 Å². The van der Waals surface area contributed by atoms with Crippen LogP contribution in [0.5, 0.6) is 5.75 Å². The minimum Gasteiger partial charge on any atom is -0.484 e. The first kappa shape index (κ1) is 23.3. The average Bonchev–Trinajstić information content (AvgIpc) is 3.41. The number of imidazole rings is 1. The number of halogens is 1. The van der Waals surface area contributed by atoms with Gasteiger partial charge in [0.2, 0.25) is 0 Å². The van der Waals surface area contributed by atoms with E-state index in [4.69, 9.17) is 27.2 Å². The summed E-state index contributed by atoms with van der Waals surface area (Å²) in [6.45, 7) is 4.44. The average molecular weight is 485 g/mol. The number of primary amides is 1. The summed E-state index contributed by atoms with van der Waals surface area (Å²) in [6, 6.07) is 13.3. The summed E-state index contributed by atoms with van der Waals surface area (Å²) in [4.78, 5) is 17.7. The summed E-state index contributed by atoms with van der Waals surface area (Å²) in [7, 11) is 0. The number of fused-ring (bicyclic) bond motifs is 1. The molecule has 0 saturated carbocycles. The number of aliphatic hydroxyl groups excluding tert-OH is 1. The van der Waals surface area contributed by atoms with Crippen LogP contribution in [0.1, 0.15) is 40.8 Å². The van der Waals surface area contributed by atoms with E-state index in [0.29, 0.717) is 22.2 Å². The molecule has 0 aliphatic heterocycles. The van der Waals surface area contributed by atoms with Crippen molar-refractivity contribution in [2.45, 2.75) is 32.5 Å². The first-order chi connectivity index (χ1) is 15.9. The zero-order valence-electron chi connectivity index (χ0n) is 18.3. The van der Waals surface area contributed by atoms with E-state index in [2.05, 4.69) is 10.3 Å². The monoisotopic (exact) mass is 484 g/mol. The maximum absolute atomic E-state index is 12.1. The summed E-state index contributed by atoms with van der Waals surface area (Å²) in [5.41, 5.74) is 9.11. The maximum Gasteiger partial charge on any atom is 0.262 e. The van der Waals surface area contributed by atoms with E-state index in [1.807, 2.05) is 66.9 Å². The van der Waals surface area contributed by atoms with E-state index in [-0.39, 0.29) is 12.6 Å². The van der Waals surface area contributed by atoms with Gasteiger partial charge in [-0.15, -0.1) is 11.3 Å². The number of rotatable bonds is 9. The highest BCUT2D eigenvalue weighted by Crippen LogP contribution is 2.39. The van der Waals surface area contributed by atoms with Crippen molar-refractivity contribution in [1.82, 2.24) is 14.7 Å². The van der Waals surface area contributed by atoms with Crippen LogP contribution in [0.3, 0.4) is 0 Å². The highest BCUT2D eigenvalue weighted by Gasteiger charge is 2.21. The fourth-order valence-corrected chi connectivity index (χ4v) is 4.80. The lowest BCUT2D eigenvalue weighted by Crippen LogP contribution is -2.28. The smallest absolute Gasteiger partial charge is 0.262 e. The summed E-state index contributed by atoms with van der Waals surface area (Å²) in [5, 5.41) is 12.9. The second-order valence-electron chi connectivity index (χ2n) is 7.82. The molecular formula is C24H25ClN4O3S. The Morgan fingerprint density at radius 1 is 1.30 bits per heavy atom. The fraction of sp³-hybridized carbons (Fsp3) is 0.250. The quantitative estimate of drug-likeness (QED) is 0.326. The molecule has 4 aromatic rings. The molecule has 0 radical (unpaired) electrons. The SMILES string of the molecule is C[C@@H](CO)NCc1ccc([C@@H](C)Oc2cc(-c3cnc4ccccn34)sc2C(N)=O)c(Cl)c1. The van der Waals surface area contributed by atoms with Crippen molar-refractivity contribution >= 4 is 34.5 Å². The number of carbonyl (C=O) groups is 1. The Morgan fingerprint density at radius 3 is 2.85 bits per heavy atom. The number of aromatic nitrogens is 2. The number of ether oxygens (including phenoxy) is 1. The molecule has 4 N–H and O–H groups in total. The molecule has 4 rings (SSSR count). The number of thiophene rings is 1. The van der Waals surface area contributed by atoms with Gasteiger partial charge >= 0.3 is 0 Å². The van der Waals surface area contributed by atoms with E-state index >= 15 is 0 Å². The van der Waals surface area contributed by atoms with Gasteiger partial charge in [0.05, 0.1) is 23.4 Å². The van der Waals surface area contributed by atoms with Crippen molar-refractivity contribution in [3.05, 3.63) is 75.9 Å². The van der Waals surface area contributed by atoms with E-state index in [9.17, 15) is 4.79 Å². The topological polar surface area (TPSA) is 102 Å². The number of aliphatic hydroxyl groups is 1. The predicted octanol–water partition coefficient (Wildman–Crippen LogP) is 4.43. The van der Waals surface area contributed by atoms with Crippen LogP contribution in [0.15, 0.2) is 54.9 Å². The number of pyridine rings is 1. The Bertz CT molecular complexity index is 1290. The molecule has 0 spiro atoms. The van der Waals surface area contributed by atoms with Crippen molar-refractivity contribution in [1.29, 1.82) is 0 Å². The van der Waals surface area contributed by atoms with Crippen LogP contribution in [0.2, 0.25) is 5.02 Å². The van der Waals surface area contributed by atoms with Gasteiger partial charge in [-0.3, -0.25) is 9.20 Å². The molecule has 0 aliphatic carbocycles. The number of nitrogens with zero attached hydrogens (tertiary/aromatic N) is 2. The molecular weight excluding hydrogens is 460 g/mol. The molecule has 2 atom stereocenters. The first-order valence-electron chi connectivity index (χ1n) is 10.5. The van der Waals surface area contributed by atoms with Gasteiger partial charge in [-0.1, -0.05) is 29.8 Å². The molecule has 0 saturated heterocycles. The molecule has 1 aromatic carbocycles. The summed E-state index contributed by atoms with van der Waals surface area (Å²) in [6.07, 6.45) is 3.28. The van der Waals surface area contributed by atoms with E-state index in [1.165, 1.54) is 11.3 Å². The van der Waals surface area contributed by atoms with Crippen molar-refractivity contribution in [2.75, 3.05) is 6.61 Å². The third-order valence-electron chi connectivity index (χ3n) is 5.33. The number of nitrogens with two attached hydrogens (primary N) is 1. The third kappa shape index (κ3) is 5.04. The summed E-state index contributed by atoms with van der Waals surface area (Å²) in [5.74, 6) is -0.132. The standard InChI is InChI=1S/C24H25ClN4O3S/c1-14(13-30)27-11-16-6-7-17(18(25)9-16)15(2)32-20-10-21(33-23(20)24(26)31)19-12-28-22-5-3-4-8-29(19)22/h3-10,12,14-15,27,30H,11,13H2,1-2H3,(H2,26,31)/t14-,15+/m0/s1. The molecule has 0 aliphatic rings. The third-order valence-corrected chi connectivity index (χ3v) is 6.81. The Labute approximate surface area is 200 Å². The second-order valence-corrected chi connectivity index (χ2v) is 9.28. The highest BCUT2D eigenvalue weighted by molar-refractivity contribution is 7.17. The Morgan fingerprint density at radius 2 is 2.12 bits per heavy atom. The van der Waals surface area contributed by atoms with E-state index in [1.54, 1.807) is 6.20 Å². The van der Waals surface area contributed by atoms with Gasteiger partial charge in [-0.25, -0.2) is 4.98 Å². The van der Waals surface area contributed by atoms with Crippen LogP contribution in [-0.2, 0) is 6.54 Å². The molecule has 0 fully saturated rings. The van der Waals surface area contributed by atoms with Crippen LogP contribution in [0, 0.1) is 0 Å². The Hall–Kier alpha value is -2.91. The van der Waals surface area contributed by atoms with E-state index < -0.39 is 12.0 Å². The molecule has 7 nitrogen and oxygen atoms in total. The number of carbonyl (C=O) groups excluding carboxylic acids is 1. The summed E-state index contributed by atoms with van der Waals surface area (Å²) >= 11 is 7.81. The molecule has 3 heterocycles. The first-order valence-corrected chi connectivity index (χ1v) is 11.7. The molecule has 172 valence electrons. The lowest BCUT2D eigenvalue weighted by molar-refractivity contribution is 0.0998. The maximum atomic E-state index is 12.1. The molecule has 33 heavy (non-hydrogen) atoms. The normalized spacial score (nSPS) is 13.2. The van der Waals surface area contributed by atoms with Crippen molar-refractivity contribution in [2.24, 2.45) is 5.73 Å². The van der Waals surface area contributed by atoms with Gasteiger partial charge in [0.25, 0.3) is 5.91 Å². The highest BCUT2D eigenvalue weighted by atomic mass is 35.5. The van der Waals surface area contributed by atoms with Crippen LogP contribution < -0.4 is 15.8 Å². The number of nitrogens with one attached hydrogen (secondary N) is 1. The lowest BCUT2D eigenvalue weighted by Gasteiger charge is -2.17. The van der Waals surface area contributed by atoms with Gasteiger partial charge in [0.1, 0.15) is 22.4 Å². The van der Waals surface area contributed by atoms with Crippen LogP contribution in [-0.4, -0.2) is 33.0 Å². The lowest BCUT2D eigenvalue weighted by atomic mass is 10.1. The van der Waals surface area contributed by atoms with Gasteiger partial charge in [-0.2, -0.15) is 0 Å². The zero-order valence-corrected chi connectivity index (χ0v) is 19.9. The summed E-state index contributed by atoms with van der Waals surface area (Å²) < 4.78 is 8.12. The number of hydrogen-bond acceptors (Lipinski definition) is 6. The van der Waals surface area contributed by atoms with Crippen molar-refractivity contribution in [3.8, 4) is 16.3 Å². The van der Waals surface area contributed by atoms with Crippen LogP contribution in [0.4, 0.5) is 0 Å². The number of amides is 1. The van der Waals surface area contributed by atoms with Gasteiger partial charge in [0, 0.05) is 35.4 Å². The predicted molar refractivity (Wildman–Crippen MR) is 131 cm³/mol. The van der Waals surface area contributed by atoms with Gasteiger partial charge in [-0.05, 0) is 37.6 Å². The molecule has 9 heteroatoms. The van der Waals surface area contributed by atoms with Crippen molar-refractivity contribution in [3.63, 3.8) is 0 Å². The molecule has 0 bridgehead atoms. The Balaban J connectivity index is 1.58. The second kappa shape index (κ2) is 9.93. The van der Waals surface area contributed by atoms with Crippen LogP contribution >= 0.6 is 22.9 Å².